The number of fused-ring (bicyclic) bond motifs is 13. The normalized spacial score (nSPS) is 15.4. The Morgan fingerprint density at radius 1 is 0.213 bits per heavy atom. The van der Waals surface area contributed by atoms with Gasteiger partial charge in [-0.25, -0.2) is 0 Å². The van der Waals surface area contributed by atoms with E-state index in [-0.39, 0.29) is 76.6 Å². The molecule has 0 radical (unpaired) electrons. The first-order valence-electron chi connectivity index (χ1n) is 56.5. The number of hydrogen-bond acceptors (Lipinski definition) is 2. The third-order valence-electron chi connectivity index (χ3n) is 28.8. The van der Waals surface area contributed by atoms with Gasteiger partial charge in [-0.1, -0.05) is 389 Å². The van der Waals surface area contributed by atoms with E-state index < -0.39 is 136 Å². The Morgan fingerprint density at radius 2 is 0.529 bits per heavy atom. The van der Waals surface area contributed by atoms with E-state index in [2.05, 4.69) is 404 Å². The third kappa shape index (κ3) is 15.4. The molecule has 0 saturated heterocycles. The van der Waals surface area contributed by atoms with Gasteiger partial charge in [0.15, 0.2) is 0 Å². The Labute approximate surface area is 833 Å². The summed E-state index contributed by atoms with van der Waals surface area (Å²) in [5, 5.41) is 1.68. The number of aromatic nitrogens is 3. The second-order valence-corrected chi connectivity index (χ2v) is 48.8. The van der Waals surface area contributed by atoms with Crippen molar-refractivity contribution < 1.29 is 21.9 Å². The largest absolute Gasteiger partial charge is 0.310 e. The number of benzene rings is 15. The summed E-state index contributed by atoms with van der Waals surface area (Å²) < 4.78 is 166. The molecule has 0 bridgehead atoms. The molecule has 15 aromatic carbocycles. The summed E-state index contributed by atoms with van der Waals surface area (Å²) in [6.45, 7) is 66.6. The molecule has 0 N–H and O–H groups in total. The first-order valence-corrected chi connectivity index (χ1v) is 48.5. The van der Waals surface area contributed by atoms with Crippen molar-refractivity contribution in [3.8, 4) is 61.6 Å². The van der Waals surface area contributed by atoms with Gasteiger partial charge >= 0.3 is 0 Å². The van der Waals surface area contributed by atoms with Crippen LogP contribution < -0.4 is 26.2 Å². The smallest absolute Gasteiger partial charge is 0.252 e. The van der Waals surface area contributed by atoms with Crippen molar-refractivity contribution >= 4 is 123 Å². The minimum absolute atomic E-state index is 0.0882. The molecule has 0 saturated carbocycles. The SMILES string of the molecule is [2H]c1c([2H])c([2H])c2c(c1[2H])c1c([2H])c([2H])c([2H])c([2H])c1n2-c1ccc2c(c1)N(c1c(-c3ccc(C(C)(C)C)cc3)cc(C(C)(C)C)cc1-c1cc(C(C)(C)C)ccc1C(C)(C)C)c1cc(-n3c4c([2H])c([2H])c([2H])c([2H])c4c4c([2H])c([2H])c([2H])c([2H])c43)cc3c1B2c1ccc(-n2c4ccc(C(C)(C)C)cc4c4cc(C(C)(C)C)ccc42)cc1N3c1c(-c2ccccc2C(C)(C)C)cc(C(C)(C)C)cc1-c1ccc(C(C)(C)C)cc1C(C)(C)C. The van der Waals surface area contributed by atoms with Gasteiger partial charge in [-0.05, 0) is 258 Å². The molecule has 0 amide bonds. The predicted octanol–water partition coefficient (Wildman–Crippen LogP) is 34.7. The average molecular weight is 1800 g/mol. The molecule has 3 aromatic heterocycles. The summed E-state index contributed by atoms with van der Waals surface area (Å²) in [4.78, 5) is 4.81. The van der Waals surface area contributed by atoms with Crippen molar-refractivity contribution in [3.63, 3.8) is 0 Å². The van der Waals surface area contributed by atoms with E-state index in [1.54, 1.807) is 9.13 Å². The lowest BCUT2D eigenvalue weighted by atomic mass is 9.33. The van der Waals surface area contributed by atoms with E-state index in [0.29, 0.717) is 28.4 Å². The lowest BCUT2D eigenvalue weighted by Gasteiger charge is -2.46. The fraction of sp³-hybridized carbons (Fsp3) is 0.308. The van der Waals surface area contributed by atoms with Gasteiger partial charge in [0.05, 0.1) is 72.1 Å². The molecule has 2 aliphatic rings. The average Bonchev–Trinajstić information content (AvgIpc) is 1.09. The van der Waals surface area contributed by atoms with Gasteiger partial charge in [-0.2, -0.15) is 0 Å². The van der Waals surface area contributed by atoms with Crippen LogP contribution in [0.3, 0.4) is 0 Å². The van der Waals surface area contributed by atoms with Crippen LogP contribution in [0.1, 0.15) is 285 Å². The van der Waals surface area contributed by atoms with Crippen molar-refractivity contribution in [1.82, 2.24) is 13.7 Å². The molecule has 2 aliphatic heterocycles. The molecule has 0 spiro atoms. The van der Waals surface area contributed by atoms with Crippen LogP contribution in [0, 0.1) is 0 Å². The number of rotatable bonds is 9. The van der Waals surface area contributed by atoms with Crippen LogP contribution in [0.5, 0.6) is 0 Å². The molecular weight excluding hydrogens is 1640 g/mol. The lowest BCUT2D eigenvalue weighted by Crippen LogP contribution is -2.61. The summed E-state index contributed by atoms with van der Waals surface area (Å²) in [5.41, 5.74) is 22.1. The van der Waals surface area contributed by atoms with Crippen molar-refractivity contribution in [2.75, 3.05) is 9.80 Å². The van der Waals surface area contributed by atoms with Crippen LogP contribution in [-0.2, 0) is 54.1 Å². The van der Waals surface area contributed by atoms with E-state index >= 15 is 0 Å². The van der Waals surface area contributed by atoms with Crippen molar-refractivity contribution in [3.05, 3.63) is 346 Å². The van der Waals surface area contributed by atoms with Gasteiger partial charge in [0.1, 0.15) is 0 Å². The van der Waals surface area contributed by atoms with Crippen molar-refractivity contribution in [1.29, 1.82) is 0 Å². The lowest BCUT2D eigenvalue weighted by molar-refractivity contribution is 0.569. The summed E-state index contributed by atoms with van der Waals surface area (Å²) in [5.74, 6) is 0. The zero-order chi connectivity index (χ0) is 111. The Hall–Kier alpha value is -12.6. The van der Waals surface area contributed by atoms with Gasteiger partial charge in [0.25, 0.3) is 6.71 Å². The summed E-state index contributed by atoms with van der Waals surface area (Å²) >= 11 is 0. The minimum atomic E-state index is -0.906. The van der Waals surface area contributed by atoms with Crippen molar-refractivity contribution in [2.45, 2.75) is 262 Å². The van der Waals surface area contributed by atoms with E-state index in [4.69, 9.17) is 0 Å². The molecule has 0 atom stereocenters. The Kier molecular flexibility index (Phi) is 17.0. The highest BCUT2D eigenvalue weighted by Crippen LogP contribution is 2.59. The second-order valence-electron chi connectivity index (χ2n) is 48.8. The van der Waals surface area contributed by atoms with Crippen LogP contribution >= 0.6 is 0 Å². The molecule has 136 heavy (non-hydrogen) atoms. The quantitative estimate of drug-likeness (QED) is 0.134. The molecular formula is C130H138BN5. The van der Waals surface area contributed by atoms with Crippen LogP contribution in [0.15, 0.2) is 291 Å². The Morgan fingerprint density at radius 3 is 0.949 bits per heavy atom. The maximum atomic E-state index is 10.7. The maximum absolute atomic E-state index is 10.7. The summed E-state index contributed by atoms with van der Waals surface area (Å²) in [7, 11) is 0. The molecule has 6 heteroatoms. The monoisotopic (exact) mass is 1800 g/mol. The fourth-order valence-corrected chi connectivity index (χ4v) is 21.2. The molecule has 0 fully saturated rings. The fourth-order valence-electron chi connectivity index (χ4n) is 21.2. The number of nitrogens with zero attached hydrogens (tertiary/aromatic N) is 5. The highest BCUT2D eigenvalue weighted by molar-refractivity contribution is 7.00. The summed E-state index contributed by atoms with van der Waals surface area (Å²) in [6, 6.07) is 63.1. The first-order chi connectivity index (χ1) is 70.4. The number of hydrogen-bond donors (Lipinski definition) is 0. The van der Waals surface area contributed by atoms with Gasteiger partial charge in [0, 0.05) is 88.7 Å². The number of para-hydroxylation sites is 4. The highest BCUT2D eigenvalue weighted by atomic mass is 15.2. The zero-order valence-electron chi connectivity index (χ0n) is 101. The van der Waals surface area contributed by atoms with Crippen molar-refractivity contribution in [2.24, 2.45) is 0 Å². The topological polar surface area (TPSA) is 21.3 Å². The molecule has 0 unspecified atom stereocenters. The van der Waals surface area contributed by atoms with Crippen LogP contribution in [0.2, 0.25) is 0 Å². The first kappa shape index (κ1) is 73.7. The van der Waals surface area contributed by atoms with E-state index in [1.807, 2.05) is 12.1 Å². The highest BCUT2D eigenvalue weighted by Gasteiger charge is 2.48. The summed E-state index contributed by atoms with van der Waals surface area (Å²) in [6.07, 6.45) is 0. The maximum Gasteiger partial charge on any atom is 0.252 e. The zero-order valence-corrected chi connectivity index (χ0v) is 85.3. The Bertz CT molecular complexity index is 8740. The van der Waals surface area contributed by atoms with E-state index in [1.165, 1.54) is 0 Å². The molecule has 20 rings (SSSR count). The van der Waals surface area contributed by atoms with Gasteiger partial charge in [-0.3, -0.25) is 0 Å². The van der Waals surface area contributed by atoms with E-state index in [0.717, 1.165) is 150 Å². The van der Waals surface area contributed by atoms with Gasteiger partial charge in [0.2, 0.25) is 0 Å². The van der Waals surface area contributed by atoms with E-state index in [9.17, 15) is 21.9 Å². The molecule has 686 valence electrons. The van der Waals surface area contributed by atoms with Crippen LogP contribution in [0.4, 0.5) is 34.1 Å². The van der Waals surface area contributed by atoms with Crippen LogP contribution in [0.25, 0.3) is 127 Å². The predicted molar refractivity (Wildman–Crippen MR) is 592 cm³/mol. The van der Waals surface area contributed by atoms with Gasteiger partial charge in [-0.15, -0.1) is 0 Å². The number of anilines is 6. The molecule has 18 aromatic rings. The standard InChI is InChI=1S/C130H138BN5/c1-121(2,3)80-53-51-79(52-54-80)96-70-85(126(16,17)18)73-102(97-67-81(122(4,5)6)56-62-104(97)129(25,26)27)119(96)135-114-75-87(132-108-47-37-32-42-92(108)93-43-33-38-48-109(93)132)59-63-106(114)131-107-64-60-88(133-112-65-57-82(123(7,8)9)68-98(112)99-69-83(124(10,11)12)58-66-113(99)133)76-115(107)136(117-78-89(77-116(135)118(117)131)134-110-49-39-34-44-94(110)95-45-35-40-50-111(95)134)120-100(90-41-31-36-46-103(90)128(22,23)24)71-86(127(19,20)21)72-101(120)91-61-55-84(125(13,14)15)74-105(91)130(28,29)30/h31-78H,1-30H3/i32D,33D,34D,35D,37D,38D,39D,40D,42D,43D,44D,45D,47D,48D,49D,50D. The second kappa shape index (κ2) is 31.5. The Balaban J connectivity index is 1.12. The molecule has 5 heterocycles. The van der Waals surface area contributed by atoms with Crippen LogP contribution in [-0.4, -0.2) is 20.4 Å². The third-order valence-corrected chi connectivity index (χ3v) is 28.8. The minimum Gasteiger partial charge on any atom is -0.310 e. The molecule has 5 nitrogen and oxygen atoms in total. The molecule has 0 aliphatic carbocycles. The van der Waals surface area contributed by atoms with Gasteiger partial charge < -0.3 is 23.5 Å².